The summed E-state index contributed by atoms with van der Waals surface area (Å²) in [6.45, 7) is 1.56. The van der Waals surface area contributed by atoms with Crippen molar-refractivity contribution in [3.63, 3.8) is 0 Å². The van der Waals surface area contributed by atoms with Crippen LogP contribution in [0.15, 0.2) is 16.8 Å². The van der Waals surface area contributed by atoms with E-state index in [1.165, 1.54) is 0 Å². The van der Waals surface area contributed by atoms with Gasteiger partial charge in [-0.3, -0.25) is 9.59 Å². The van der Waals surface area contributed by atoms with Crippen LogP contribution in [-0.4, -0.2) is 40.7 Å². The molecule has 0 spiro atoms. The Labute approximate surface area is 104 Å². The molecule has 0 radical (unpaired) electrons. The van der Waals surface area contributed by atoms with Gasteiger partial charge < -0.3 is 9.80 Å². The number of piperazine rings is 1. The molecule has 2 amide bonds. The zero-order valence-corrected chi connectivity index (χ0v) is 10.3. The fourth-order valence-corrected chi connectivity index (χ4v) is 3.26. The predicted molar refractivity (Wildman–Crippen MR) is 64.5 cm³/mol. The van der Waals surface area contributed by atoms with E-state index >= 15 is 0 Å². The first-order valence-electron chi connectivity index (χ1n) is 5.85. The molecule has 5 heteroatoms. The molecule has 1 unspecified atom stereocenters. The lowest BCUT2D eigenvalue weighted by Crippen LogP contribution is -2.56. The molecule has 90 valence electrons. The summed E-state index contributed by atoms with van der Waals surface area (Å²) in [5, 5.41) is 4.02. The van der Waals surface area contributed by atoms with Crippen LogP contribution in [-0.2, 0) is 16.1 Å². The minimum atomic E-state index is -0.185. The van der Waals surface area contributed by atoms with Gasteiger partial charge in [0.15, 0.2) is 0 Å². The van der Waals surface area contributed by atoms with Crippen LogP contribution < -0.4 is 0 Å². The molecular weight excluding hydrogens is 236 g/mol. The van der Waals surface area contributed by atoms with E-state index in [9.17, 15) is 9.59 Å². The first-order valence-corrected chi connectivity index (χ1v) is 6.79. The quantitative estimate of drug-likeness (QED) is 0.788. The van der Waals surface area contributed by atoms with Crippen LogP contribution in [0.1, 0.15) is 18.4 Å². The summed E-state index contributed by atoms with van der Waals surface area (Å²) in [6, 6.07) is 1.82. The van der Waals surface area contributed by atoms with Crippen LogP contribution in [0.2, 0.25) is 0 Å². The summed E-state index contributed by atoms with van der Waals surface area (Å²) in [4.78, 5) is 27.5. The number of hydrogen-bond donors (Lipinski definition) is 0. The van der Waals surface area contributed by atoms with Gasteiger partial charge in [-0.1, -0.05) is 0 Å². The summed E-state index contributed by atoms with van der Waals surface area (Å²) >= 11 is 1.62. The van der Waals surface area contributed by atoms with Crippen LogP contribution in [0.25, 0.3) is 0 Å². The van der Waals surface area contributed by atoms with Crippen molar-refractivity contribution in [1.82, 2.24) is 9.80 Å². The maximum Gasteiger partial charge on any atom is 0.246 e. The molecule has 0 saturated carbocycles. The SMILES string of the molecule is O=C1C2CCCN2C(=O)CN1Cc1ccsc1. The van der Waals surface area contributed by atoms with Crippen LogP contribution in [0, 0.1) is 0 Å². The largest absolute Gasteiger partial charge is 0.329 e. The minimum Gasteiger partial charge on any atom is -0.329 e. The summed E-state index contributed by atoms with van der Waals surface area (Å²) in [6.07, 6.45) is 1.78. The number of fused-ring (bicyclic) bond motifs is 1. The Morgan fingerprint density at radius 1 is 1.41 bits per heavy atom. The van der Waals surface area contributed by atoms with Gasteiger partial charge in [0.2, 0.25) is 11.8 Å². The van der Waals surface area contributed by atoms with E-state index in [4.69, 9.17) is 0 Å². The number of hydrogen-bond acceptors (Lipinski definition) is 3. The lowest BCUT2D eigenvalue weighted by atomic mass is 10.1. The van der Waals surface area contributed by atoms with Crippen molar-refractivity contribution >= 4 is 23.2 Å². The number of carbonyl (C=O) groups is 2. The monoisotopic (exact) mass is 250 g/mol. The average Bonchev–Trinajstić information content (AvgIpc) is 2.96. The predicted octanol–water partition coefficient (Wildman–Crippen LogP) is 1.08. The van der Waals surface area contributed by atoms with Crippen LogP contribution in [0.4, 0.5) is 0 Å². The molecule has 0 aromatic carbocycles. The van der Waals surface area contributed by atoms with Crippen molar-refractivity contribution in [3.05, 3.63) is 22.4 Å². The summed E-state index contributed by atoms with van der Waals surface area (Å²) < 4.78 is 0. The van der Waals surface area contributed by atoms with Gasteiger partial charge in [0.1, 0.15) is 12.6 Å². The van der Waals surface area contributed by atoms with Crippen LogP contribution in [0.3, 0.4) is 0 Å². The number of rotatable bonds is 2. The highest BCUT2D eigenvalue weighted by Crippen LogP contribution is 2.24. The highest BCUT2D eigenvalue weighted by molar-refractivity contribution is 7.07. The zero-order valence-electron chi connectivity index (χ0n) is 9.46. The molecule has 1 aromatic heterocycles. The third-order valence-electron chi connectivity index (χ3n) is 3.45. The third-order valence-corrected chi connectivity index (χ3v) is 4.18. The topological polar surface area (TPSA) is 40.6 Å². The summed E-state index contributed by atoms with van der Waals surface area (Å²) in [5.74, 6) is 0.218. The Balaban J connectivity index is 1.77. The van der Waals surface area contributed by atoms with Gasteiger partial charge in [-0.25, -0.2) is 0 Å². The third kappa shape index (κ3) is 1.84. The molecule has 3 rings (SSSR count). The van der Waals surface area contributed by atoms with Gasteiger partial charge in [0, 0.05) is 13.1 Å². The number of carbonyl (C=O) groups excluding carboxylic acids is 2. The molecule has 2 aliphatic heterocycles. The Kier molecular flexibility index (Phi) is 2.63. The fourth-order valence-electron chi connectivity index (χ4n) is 2.60. The molecule has 2 aliphatic rings. The molecule has 1 aromatic rings. The second-order valence-corrected chi connectivity index (χ2v) is 5.35. The normalized spacial score (nSPS) is 24.4. The summed E-state index contributed by atoms with van der Waals surface area (Å²) in [7, 11) is 0. The highest BCUT2D eigenvalue weighted by atomic mass is 32.1. The van der Waals surface area contributed by atoms with Gasteiger partial charge in [-0.2, -0.15) is 11.3 Å². The van der Waals surface area contributed by atoms with Gasteiger partial charge in [0.05, 0.1) is 0 Å². The Hall–Kier alpha value is -1.36. The smallest absolute Gasteiger partial charge is 0.246 e. The Bertz CT molecular complexity index is 443. The van der Waals surface area contributed by atoms with E-state index in [1.54, 1.807) is 21.1 Å². The van der Waals surface area contributed by atoms with Gasteiger partial charge in [-0.05, 0) is 35.2 Å². The zero-order chi connectivity index (χ0) is 11.8. The molecule has 0 N–H and O–H groups in total. The van der Waals surface area contributed by atoms with Gasteiger partial charge in [0.25, 0.3) is 0 Å². The average molecular weight is 250 g/mol. The Morgan fingerprint density at radius 3 is 3.06 bits per heavy atom. The standard InChI is InChI=1S/C12H14N2O2S/c15-11-7-13(6-9-3-5-17-8-9)12(16)10-2-1-4-14(10)11/h3,5,8,10H,1-2,4,6-7H2. The fraction of sp³-hybridized carbons (Fsp3) is 0.500. The summed E-state index contributed by atoms with van der Waals surface area (Å²) in [5.41, 5.74) is 1.11. The van der Waals surface area contributed by atoms with Crippen molar-refractivity contribution in [2.45, 2.75) is 25.4 Å². The first-order chi connectivity index (χ1) is 8.25. The number of amides is 2. The van der Waals surface area contributed by atoms with Crippen molar-refractivity contribution < 1.29 is 9.59 Å². The van der Waals surface area contributed by atoms with E-state index < -0.39 is 0 Å². The maximum absolute atomic E-state index is 12.2. The van der Waals surface area contributed by atoms with Crippen LogP contribution >= 0.6 is 11.3 Å². The van der Waals surface area contributed by atoms with E-state index in [0.717, 1.165) is 24.9 Å². The highest BCUT2D eigenvalue weighted by Gasteiger charge is 2.41. The van der Waals surface area contributed by atoms with E-state index in [2.05, 4.69) is 0 Å². The molecule has 0 bridgehead atoms. The molecule has 2 saturated heterocycles. The van der Waals surface area contributed by atoms with Crippen molar-refractivity contribution in [1.29, 1.82) is 0 Å². The number of thiophene rings is 1. The van der Waals surface area contributed by atoms with E-state index in [1.807, 2.05) is 16.8 Å². The molecule has 1 atom stereocenters. The number of nitrogens with zero attached hydrogens (tertiary/aromatic N) is 2. The molecule has 0 aliphatic carbocycles. The van der Waals surface area contributed by atoms with Crippen molar-refractivity contribution in [2.24, 2.45) is 0 Å². The van der Waals surface area contributed by atoms with Gasteiger partial charge >= 0.3 is 0 Å². The van der Waals surface area contributed by atoms with Gasteiger partial charge in [-0.15, -0.1) is 0 Å². The van der Waals surface area contributed by atoms with E-state index in [0.29, 0.717) is 6.54 Å². The molecule has 4 nitrogen and oxygen atoms in total. The molecule has 17 heavy (non-hydrogen) atoms. The lowest BCUT2D eigenvalue weighted by Gasteiger charge is -2.36. The lowest BCUT2D eigenvalue weighted by molar-refractivity contribution is -0.154. The van der Waals surface area contributed by atoms with E-state index in [-0.39, 0.29) is 24.4 Å². The Morgan fingerprint density at radius 2 is 2.29 bits per heavy atom. The maximum atomic E-state index is 12.2. The molecule has 3 heterocycles. The van der Waals surface area contributed by atoms with Crippen molar-refractivity contribution in [2.75, 3.05) is 13.1 Å². The molecule has 2 fully saturated rings. The molecular formula is C12H14N2O2S. The second-order valence-electron chi connectivity index (χ2n) is 4.57. The van der Waals surface area contributed by atoms with Crippen molar-refractivity contribution in [3.8, 4) is 0 Å². The first kappa shape index (κ1) is 10.8. The second kappa shape index (κ2) is 4.14. The van der Waals surface area contributed by atoms with Crippen LogP contribution in [0.5, 0.6) is 0 Å². The minimum absolute atomic E-state index is 0.0994.